The van der Waals surface area contributed by atoms with Crippen molar-refractivity contribution in [1.29, 1.82) is 0 Å². The smallest absolute Gasteiger partial charge is 0.0743 e. The predicted molar refractivity (Wildman–Crippen MR) is 336 cm³/mol. The Hall–Kier alpha value is -0.620. The number of hydrogen-bond acceptors (Lipinski definition) is 9. The highest BCUT2D eigenvalue weighted by molar-refractivity contribution is 5.07. The van der Waals surface area contributed by atoms with Gasteiger partial charge in [-0.2, -0.15) is 0 Å². The molecule has 1 N–H and O–H groups in total. The number of fused-ring (bicyclic) bond motifs is 1. The Kier molecular flexibility index (Phi) is 40.6. The molecule has 9 heteroatoms. The SMILES string of the molecule is CC(C)C1=CCCCC1.CC(C)C1CCCCC1.CC(C)C1CCOC1.CC(C)N1CCC2OCCC21.CC(C)N1CCCCC1.CC(C)N1CCCCC1CO.CC(C)N1CCCCCC1.COC1CCN(C(C)C)C1. The van der Waals surface area contributed by atoms with Crippen LogP contribution < -0.4 is 0 Å². The zero-order valence-electron chi connectivity index (χ0n) is 54.8. The largest absolute Gasteiger partial charge is 0.395 e. The van der Waals surface area contributed by atoms with Crippen molar-refractivity contribution in [2.45, 2.75) is 313 Å². The van der Waals surface area contributed by atoms with Gasteiger partial charge in [-0.1, -0.05) is 111 Å². The molecule has 9 nitrogen and oxygen atoms in total. The molecule has 7 heterocycles. The highest BCUT2D eigenvalue weighted by atomic mass is 16.5. The highest BCUT2D eigenvalue weighted by Crippen LogP contribution is 2.31. The molecule has 0 spiro atoms. The molecule has 8 fully saturated rings. The first kappa shape index (κ1) is 72.5. The van der Waals surface area contributed by atoms with E-state index in [1.54, 1.807) is 12.7 Å². The average Bonchev–Trinajstić information content (AvgIpc) is 4.27. The van der Waals surface area contributed by atoms with E-state index in [9.17, 15) is 0 Å². The van der Waals surface area contributed by atoms with Crippen LogP contribution in [0, 0.1) is 29.6 Å². The Labute approximate surface area is 481 Å². The van der Waals surface area contributed by atoms with Crippen LogP contribution in [0.25, 0.3) is 0 Å². The van der Waals surface area contributed by atoms with Crippen LogP contribution in [-0.2, 0) is 14.2 Å². The fourth-order valence-electron chi connectivity index (χ4n) is 13.0. The molecular formula is C68H137N5O4. The number of nitrogens with zero attached hydrogens (tertiary/aromatic N) is 5. The van der Waals surface area contributed by atoms with E-state index in [0.717, 1.165) is 74.1 Å². The molecule has 0 radical (unpaired) electrons. The standard InChI is InChI=1S/C9H17NO.C9H19NO.C9H19N.C9H18.C9H16.C8H17NO.C8H17N.C7H14O/c1-7(2)10-5-3-9-8(10)4-6-11-9;1-8(2)10-6-4-3-5-9(10)7-11;1-9(2)10-7-5-3-4-6-8-10;2*1-8(2)9-6-4-3-5-7-9;1-7(2)9-5-4-8(6-9)10-3;1-8(2)9-6-4-3-5-7-9;1-6(2)7-3-4-8-5-7/h7-9H,3-6H2,1-2H3;8-9,11H,3-7H2,1-2H3;9H,3-8H2,1-2H3;8-9H,3-7H2,1-2H3;6,8H,3-5,7H2,1-2H3;7-8H,4-6H2,1-3H3;8H,3-7H2,1-2H3;6-7H,3-5H2,1-2H3. The third-order valence-electron chi connectivity index (χ3n) is 18.8. The summed E-state index contributed by atoms with van der Waals surface area (Å²) in [6, 6.07) is 4.68. The topological polar surface area (TPSA) is 64.1 Å². The Balaban J connectivity index is 0.000000302. The van der Waals surface area contributed by atoms with Gasteiger partial charge in [-0.25, -0.2) is 0 Å². The summed E-state index contributed by atoms with van der Waals surface area (Å²) in [5, 5.41) is 9.07. The van der Waals surface area contributed by atoms with Crippen LogP contribution in [0.5, 0.6) is 0 Å². The molecule has 9 rings (SSSR count). The van der Waals surface area contributed by atoms with E-state index in [1.807, 2.05) is 0 Å². The molecule has 5 atom stereocenters. The van der Waals surface area contributed by atoms with E-state index in [-0.39, 0.29) is 0 Å². The van der Waals surface area contributed by atoms with Gasteiger partial charge >= 0.3 is 0 Å². The van der Waals surface area contributed by atoms with Crippen molar-refractivity contribution in [2.75, 3.05) is 85.9 Å². The van der Waals surface area contributed by atoms with Crippen molar-refractivity contribution < 1.29 is 19.3 Å². The van der Waals surface area contributed by atoms with Crippen molar-refractivity contribution in [1.82, 2.24) is 24.5 Å². The lowest BCUT2D eigenvalue weighted by Crippen LogP contribution is -2.45. The minimum absolute atomic E-state index is 0.332. The summed E-state index contributed by atoms with van der Waals surface area (Å²) in [6.45, 7) is 49.8. The van der Waals surface area contributed by atoms with E-state index in [0.29, 0.717) is 43.0 Å². The van der Waals surface area contributed by atoms with E-state index < -0.39 is 0 Å². The molecule has 9 aliphatic rings. The average molecular weight is 1090 g/mol. The molecule has 77 heavy (non-hydrogen) atoms. The first-order chi connectivity index (χ1) is 36.8. The first-order valence-corrected chi connectivity index (χ1v) is 33.6. The number of allylic oxidation sites excluding steroid dienone is 2. The number of likely N-dealkylation sites (tertiary alicyclic amines) is 5. The van der Waals surface area contributed by atoms with Gasteiger partial charge in [-0.15, -0.1) is 0 Å². The van der Waals surface area contributed by atoms with Gasteiger partial charge in [0.25, 0.3) is 0 Å². The highest BCUT2D eigenvalue weighted by Gasteiger charge is 2.39. The lowest BCUT2D eigenvalue weighted by atomic mass is 9.82. The van der Waals surface area contributed by atoms with Crippen molar-refractivity contribution in [3.63, 3.8) is 0 Å². The van der Waals surface area contributed by atoms with Crippen LogP contribution in [0.4, 0.5) is 0 Å². The lowest BCUT2D eigenvalue weighted by molar-refractivity contribution is 0.0653. The summed E-state index contributed by atoms with van der Waals surface area (Å²) >= 11 is 0. The molecule has 0 aromatic heterocycles. The predicted octanol–water partition coefficient (Wildman–Crippen LogP) is 15.8. The molecule has 0 bridgehead atoms. The number of aliphatic hydroxyl groups excluding tert-OH is 1. The van der Waals surface area contributed by atoms with Crippen molar-refractivity contribution >= 4 is 0 Å². The molecule has 7 aliphatic heterocycles. The Morgan fingerprint density at radius 1 is 0.494 bits per heavy atom. The van der Waals surface area contributed by atoms with Crippen LogP contribution in [0.3, 0.4) is 0 Å². The second-order valence-electron chi connectivity index (χ2n) is 27.2. The summed E-state index contributed by atoms with van der Waals surface area (Å²) in [5.41, 5.74) is 1.68. The van der Waals surface area contributed by atoms with Gasteiger partial charge in [0.2, 0.25) is 0 Å². The zero-order valence-corrected chi connectivity index (χ0v) is 54.8. The lowest BCUT2D eigenvalue weighted by Gasteiger charge is -2.37. The summed E-state index contributed by atoms with van der Waals surface area (Å²) < 4.78 is 16.1. The van der Waals surface area contributed by atoms with Gasteiger partial charge in [0.15, 0.2) is 0 Å². The van der Waals surface area contributed by atoms with Gasteiger partial charge in [0.1, 0.15) is 0 Å². The maximum absolute atomic E-state index is 9.07. The quantitative estimate of drug-likeness (QED) is 0.216. The maximum Gasteiger partial charge on any atom is 0.0743 e. The molecular weight excluding hydrogens is 951 g/mol. The molecule has 7 saturated heterocycles. The molecule has 2 aliphatic carbocycles. The summed E-state index contributed by atoms with van der Waals surface area (Å²) in [7, 11) is 1.80. The van der Waals surface area contributed by atoms with E-state index in [2.05, 4.69) is 141 Å². The number of piperidine rings is 2. The van der Waals surface area contributed by atoms with Crippen LogP contribution in [-0.4, -0.2) is 170 Å². The number of aliphatic hydroxyl groups is 1. The fraction of sp³-hybridized carbons (Fsp3) is 0.971. The van der Waals surface area contributed by atoms with Crippen LogP contribution in [0.2, 0.25) is 0 Å². The van der Waals surface area contributed by atoms with Gasteiger partial charge < -0.3 is 29.1 Å². The third-order valence-corrected chi connectivity index (χ3v) is 18.8. The van der Waals surface area contributed by atoms with Gasteiger partial charge in [-0.3, -0.25) is 14.7 Å². The van der Waals surface area contributed by atoms with Gasteiger partial charge in [0.05, 0.1) is 18.8 Å². The number of rotatable bonds is 10. The van der Waals surface area contributed by atoms with Crippen molar-refractivity contribution in [2.24, 2.45) is 29.6 Å². The molecule has 458 valence electrons. The summed E-state index contributed by atoms with van der Waals surface area (Å²) in [4.78, 5) is 12.6. The van der Waals surface area contributed by atoms with Crippen LogP contribution >= 0.6 is 0 Å². The van der Waals surface area contributed by atoms with E-state index in [4.69, 9.17) is 19.3 Å². The minimum atomic E-state index is 0.332. The molecule has 1 saturated carbocycles. The van der Waals surface area contributed by atoms with Gasteiger partial charge in [-0.05, 0) is 221 Å². The molecule has 0 amide bonds. The summed E-state index contributed by atoms with van der Waals surface area (Å²) in [6.07, 6.45) is 35.2. The first-order valence-electron chi connectivity index (χ1n) is 33.6. The number of methoxy groups -OCH3 is 1. The second kappa shape index (κ2) is 43.1. The van der Waals surface area contributed by atoms with Crippen LogP contribution in [0.1, 0.15) is 258 Å². The normalized spacial score (nSPS) is 26.9. The zero-order chi connectivity index (χ0) is 57.1. The molecule has 0 aromatic carbocycles. The Morgan fingerprint density at radius 3 is 1.40 bits per heavy atom. The molecule has 5 unspecified atom stereocenters. The second-order valence-corrected chi connectivity index (χ2v) is 27.2. The number of hydrogen-bond donors (Lipinski definition) is 1. The van der Waals surface area contributed by atoms with Crippen LogP contribution in [0.15, 0.2) is 11.6 Å². The van der Waals surface area contributed by atoms with Crippen molar-refractivity contribution in [3.8, 4) is 0 Å². The fourth-order valence-corrected chi connectivity index (χ4v) is 13.0. The Morgan fingerprint density at radius 2 is 1.03 bits per heavy atom. The van der Waals surface area contributed by atoms with Crippen molar-refractivity contribution in [3.05, 3.63) is 11.6 Å². The van der Waals surface area contributed by atoms with E-state index >= 15 is 0 Å². The van der Waals surface area contributed by atoms with Gasteiger partial charge in [0, 0.05) is 88.9 Å². The summed E-state index contributed by atoms with van der Waals surface area (Å²) in [5.74, 6) is 4.45. The molecule has 0 aromatic rings. The maximum atomic E-state index is 9.07. The Bertz CT molecular complexity index is 1350. The number of ether oxygens (including phenoxy) is 3. The minimum Gasteiger partial charge on any atom is -0.395 e. The van der Waals surface area contributed by atoms with E-state index in [1.165, 1.54) is 193 Å². The monoisotopic (exact) mass is 1090 g/mol. The third kappa shape index (κ3) is 31.0.